The van der Waals surface area contributed by atoms with E-state index in [1.807, 2.05) is 0 Å². The molecule has 0 unspecified atom stereocenters. The van der Waals surface area contributed by atoms with Gasteiger partial charge in [-0.25, -0.2) is 0 Å². The first kappa shape index (κ1) is 7.02. The highest BCUT2D eigenvalue weighted by Gasteiger charge is 2.18. The first-order chi connectivity index (χ1) is 5.47. The number of rotatable bonds is 1. The van der Waals surface area contributed by atoms with E-state index in [2.05, 4.69) is 29.0 Å². The van der Waals surface area contributed by atoms with E-state index in [0.29, 0.717) is 0 Å². The van der Waals surface area contributed by atoms with Crippen LogP contribution in [0.4, 0.5) is 0 Å². The lowest BCUT2D eigenvalue weighted by molar-refractivity contribution is 0.712. The zero-order chi connectivity index (χ0) is 7.52. The smallest absolute Gasteiger partial charge is 0.258 e. The first-order valence-electron chi connectivity index (χ1n) is 4.59. The van der Waals surface area contributed by atoms with Gasteiger partial charge in [-0.3, -0.25) is 0 Å². The van der Waals surface area contributed by atoms with Crippen LogP contribution >= 0.6 is 0 Å². The molecule has 1 nitrogen and oxygen atoms in total. The molecule has 1 aromatic heterocycles. The second-order valence-corrected chi connectivity index (χ2v) is 3.42. The molecular weight excluding hydrogens is 133 g/mol. The first-order valence-corrected chi connectivity index (χ1v) is 4.59. The summed E-state index contributed by atoms with van der Waals surface area (Å²) in [5.41, 5.74) is 0. The highest BCUT2D eigenvalue weighted by atomic mass is 14.9. The van der Waals surface area contributed by atoms with Gasteiger partial charge in [-0.2, -0.15) is 0 Å². The van der Waals surface area contributed by atoms with Crippen LogP contribution in [0.2, 0.25) is 12.6 Å². The Labute approximate surface area is 68.5 Å². The fraction of sp³-hybridized carbons (Fsp3) is 0.556. The Hall–Kier alpha value is -0.655. The molecule has 2 heterocycles. The van der Waals surface area contributed by atoms with Gasteiger partial charge in [0.15, 0.2) is 0 Å². The Morgan fingerprint density at radius 3 is 2.18 bits per heavy atom. The van der Waals surface area contributed by atoms with Crippen molar-refractivity contribution < 1.29 is 0 Å². The lowest BCUT2D eigenvalue weighted by Crippen LogP contribution is -2.24. The van der Waals surface area contributed by atoms with Crippen LogP contribution in [0.3, 0.4) is 0 Å². The van der Waals surface area contributed by atoms with Crippen LogP contribution in [0.1, 0.15) is 19.3 Å². The third-order valence-electron chi connectivity index (χ3n) is 2.62. The molecule has 0 N–H and O–H groups in total. The van der Waals surface area contributed by atoms with Gasteiger partial charge < -0.3 is 4.48 Å². The lowest BCUT2D eigenvalue weighted by Gasteiger charge is -2.19. The van der Waals surface area contributed by atoms with Crippen LogP contribution in [0, 0.1) is 0 Å². The topological polar surface area (TPSA) is 4.93 Å². The van der Waals surface area contributed by atoms with Crippen LogP contribution in [0.15, 0.2) is 24.5 Å². The van der Waals surface area contributed by atoms with Crippen molar-refractivity contribution in [3.8, 4) is 0 Å². The van der Waals surface area contributed by atoms with E-state index < -0.39 is 0 Å². The van der Waals surface area contributed by atoms with Crippen molar-refractivity contribution in [3.63, 3.8) is 0 Å². The van der Waals surface area contributed by atoms with Gasteiger partial charge in [-0.05, 0) is 24.5 Å². The van der Waals surface area contributed by atoms with Crippen LogP contribution in [0.25, 0.3) is 0 Å². The lowest BCUT2D eigenvalue weighted by atomic mass is 9.51. The molecule has 1 aliphatic heterocycles. The predicted octanol–water partition coefficient (Wildman–Crippen LogP) is 2.51. The molecule has 0 amide bonds. The molecule has 0 saturated carbocycles. The van der Waals surface area contributed by atoms with Gasteiger partial charge in [0, 0.05) is 0 Å². The Bertz CT molecular complexity index is 199. The number of nitrogens with zero attached hydrogens (tertiary/aromatic N) is 1. The third-order valence-corrected chi connectivity index (χ3v) is 2.62. The average molecular weight is 147 g/mol. The van der Waals surface area contributed by atoms with Crippen molar-refractivity contribution in [1.82, 2.24) is 4.48 Å². The molecule has 0 atom stereocenters. The standard InChI is InChI=1S/C9H14BN/c1-2-6-10(7-3-1)11-8-4-5-9-11/h4-5,8-9H,1-3,6-7H2. The summed E-state index contributed by atoms with van der Waals surface area (Å²) in [6.07, 6.45) is 11.4. The van der Waals surface area contributed by atoms with E-state index >= 15 is 0 Å². The SMILES string of the molecule is c1ccn(B2CCCCC2)c1. The van der Waals surface area contributed by atoms with Gasteiger partial charge in [-0.1, -0.05) is 31.9 Å². The largest absolute Gasteiger partial charge is 0.398 e. The minimum absolute atomic E-state index is 0.804. The highest BCUT2D eigenvalue weighted by molar-refractivity contribution is 6.57. The maximum absolute atomic E-state index is 2.36. The van der Waals surface area contributed by atoms with Gasteiger partial charge in [0.25, 0.3) is 6.85 Å². The third kappa shape index (κ3) is 1.50. The Balaban J connectivity index is 2.04. The molecule has 11 heavy (non-hydrogen) atoms. The number of hydrogen-bond donors (Lipinski definition) is 0. The fourth-order valence-corrected chi connectivity index (χ4v) is 1.97. The zero-order valence-electron chi connectivity index (χ0n) is 6.87. The maximum atomic E-state index is 2.36. The normalized spacial score (nSPS) is 18.7. The minimum atomic E-state index is 0.804. The summed E-state index contributed by atoms with van der Waals surface area (Å²) in [6, 6.07) is 4.24. The minimum Gasteiger partial charge on any atom is -0.398 e. The van der Waals surface area contributed by atoms with Gasteiger partial charge in [0.05, 0.1) is 0 Å². The van der Waals surface area contributed by atoms with E-state index in [-0.39, 0.29) is 0 Å². The molecule has 1 aromatic rings. The van der Waals surface area contributed by atoms with Crippen molar-refractivity contribution in [2.45, 2.75) is 31.9 Å². The summed E-state index contributed by atoms with van der Waals surface area (Å²) in [5.74, 6) is 0. The Kier molecular flexibility index (Phi) is 2.02. The van der Waals surface area contributed by atoms with Crippen molar-refractivity contribution >= 4 is 6.85 Å². The Morgan fingerprint density at radius 2 is 1.55 bits per heavy atom. The van der Waals surface area contributed by atoms with Crippen molar-refractivity contribution in [2.24, 2.45) is 0 Å². The molecule has 1 fully saturated rings. The summed E-state index contributed by atoms with van der Waals surface area (Å²) in [7, 11) is 0. The average Bonchev–Trinajstić information content (AvgIpc) is 2.58. The molecule has 1 saturated heterocycles. The van der Waals surface area contributed by atoms with E-state index in [4.69, 9.17) is 0 Å². The van der Waals surface area contributed by atoms with Gasteiger partial charge >= 0.3 is 0 Å². The second-order valence-electron chi connectivity index (χ2n) is 3.42. The van der Waals surface area contributed by atoms with E-state index in [0.717, 1.165) is 6.85 Å². The molecule has 0 radical (unpaired) electrons. The molecule has 58 valence electrons. The molecular formula is C9H14BN. The maximum Gasteiger partial charge on any atom is 0.258 e. The van der Waals surface area contributed by atoms with Crippen LogP contribution in [0.5, 0.6) is 0 Å². The van der Waals surface area contributed by atoms with Crippen LogP contribution in [-0.2, 0) is 0 Å². The molecule has 0 aliphatic carbocycles. The summed E-state index contributed by atoms with van der Waals surface area (Å²) >= 11 is 0. The summed E-state index contributed by atoms with van der Waals surface area (Å²) in [6.45, 7) is 0.804. The molecule has 2 heteroatoms. The number of hydrogen-bond acceptors (Lipinski definition) is 0. The van der Waals surface area contributed by atoms with Crippen molar-refractivity contribution in [3.05, 3.63) is 24.5 Å². The zero-order valence-corrected chi connectivity index (χ0v) is 6.87. The van der Waals surface area contributed by atoms with Crippen molar-refractivity contribution in [2.75, 3.05) is 0 Å². The second kappa shape index (κ2) is 3.16. The predicted molar refractivity (Wildman–Crippen MR) is 49.0 cm³/mol. The fourth-order valence-electron chi connectivity index (χ4n) is 1.97. The van der Waals surface area contributed by atoms with E-state index in [1.54, 1.807) is 0 Å². The van der Waals surface area contributed by atoms with E-state index in [1.165, 1.54) is 31.9 Å². The van der Waals surface area contributed by atoms with Gasteiger partial charge in [0.1, 0.15) is 0 Å². The molecule has 0 aromatic carbocycles. The van der Waals surface area contributed by atoms with Gasteiger partial charge in [-0.15, -0.1) is 0 Å². The van der Waals surface area contributed by atoms with Crippen LogP contribution in [-0.4, -0.2) is 11.3 Å². The Morgan fingerprint density at radius 1 is 0.909 bits per heavy atom. The van der Waals surface area contributed by atoms with Crippen LogP contribution < -0.4 is 0 Å². The van der Waals surface area contributed by atoms with Crippen molar-refractivity contribution in [1.29, 1.82) is 0 Å². The van der Waals surface area contributed by atoms with E-state index in [9.17, 15) is 0 Å². The monoisotopic (exact) mass is 147 g/mol. The summed E-state index contributed by atoms with van der Waals surface area (Å²) in [4.78, 5) is 0. The molecule has 0 spiro atoms. The highest BCUT2D eigenvalue weighted by Crippen LogP contribution is 2.19. The summed E-state index contributed by atoms with van der Waals surface area (Å²) < 4.78 is 2.36. The molecule has 0 bridgehead atoms. The molecule has 2 rings (SSSR count). The summed E-state index contributed by atoms with van der Waals surface area (Å²) in [5, 5.41) is 0. The molecule has 1 aliphatic rings. The quantitative estimate of drug-likeness (QED) is 0.538. The number of aromatic nitrogens is 1. The van der Waals surface area contributed by atoms with Gasteiger partial charge in [0.2, 0.25) is 0 Å².